The van der Waals surface area contributed by atoms with Crippen LogP contribution in [0.15, 0.2) is 39.2 Å². The first kappa shape index (κ1) is 16.5. The topological polar surface area (TPSA) is 57.5 Å². The molecule has 0 N–H and O–H groups in total. The molecule has 0 amide bonds. The Kier molecular flexibility index (Phi) is 5.46. The van der Waals surface area contributed by atoms with E-state index in [0.29, 0.717) is 23.4 Å². The Morgan fingerprint density at radius 1 is 1.19 bits per heavy atom. The number of carbonyl (C=O) groups excluding carboxylic acids is 1. The first-order valence-corrected chi connectivity index (χ1v) is 6.50. The standard InChI is InChI=1S/C16H15NO3.K/c1-3-11-5-7-15(19-11)17-16-12-8-10(2)4-6-13(12)20-14(16)9-18;/h4-9H,3H2,1-2H3,(H,17,18);/q;+1/p-1. The van der Waals surface area contributed by atoms with Crippen LogP contribution in [0.1, 0.15) is 28.8 Å². The van der Waals surface area contributed by atoms with E-state index in [9.17, 15) is 4.79 Å². The molecular formula is C16H14KNO3. The Morgan fingerprint density at radius 2 is 2.00 bits per heavy atom. The van der Waals surface area contributed by atoms with Gasteiger partial charge < -0.3 is 14.2 Å². The summed E-state index contributed by atoms with van der Waals surface area (Å²) < 4.78 is 11.1. The summed E-state index contributed by atoms with van der Waals surface area (Å²) in [5, 5.41) is 5.24. The molecule has 0 aliphatic heterocycles. The molecule has 2 heterocycles. The van der Waals surface area contributed by atoms with Gasteiger partial charge in [-0.2, -0.15) is 0 Å². The van der Waals surface area contributed by atoms with E-state index in [1.54, 1.807) is 6.07 Å². The number of fused-ring (bicyclic) bond motifs is 1. The van der Waals surface area contributed by atoms with Gasteiger partial charge in [-0.15, -0.1) is 0 Å². The minimum atomic E-state index is 0. The van der Waals surface area contributed by atoms with Gasteiger partial charge in [-0.1, -0.05) is 24.2 Å². The van der Waals surface area contributed by atoms with Crippen molar-refractivity contribution < 1.29 is 65.0 Å². The van der Waals surface area contributed by atoms with Crippen molar-refractivity contribution in [3.05, 3.63) is 52.7 Å². The average Bonchev–Trinajstić information content (AvgIpc) is 3.04. The van der Waals surface area contributed by atoms with E-state index >= 15 is 0 Å². The monoisotopic (exact) mass is 307 g/mol. The first-order valence-electron chi connectivity index (χ1n) is 6.50. The summed E-state index contributed by atoms with van der Waals surface area (Å²) in [5.41, 5.74) is 2.26. The number of aldehydes is 1. The smallest absolute Gasteiger partial charge is 0.623 e. The van der Waals surface area contributed by atoms with Crippen LogP contribution < -0.4 is 51.4 Å². The Balaban J connectivity index is 0.00000161. The van der Waals surface area contributed by atoms with Crippen molar-refractivity contribution in [3.63, 3.8) is 0 Å². The zero-order chi connectivity index (χ0) is 14.1. The number of hydrogen-bond acceptors (Lipinski definition) is 3. The summed E-state index contributed by atoms with van der Waals surface area (Å²) in [6.45, 7) is 3.99. The molecule has 0 atom stereocenters. The molecule has 0 aliphatic carbocycles. The molecule has 0 aliphatic rings. The quantitative estimate of drug-likeness (QED) is 0.547. The molecule has 0 bridgehead atoms. The van der Waals surface area contributed by atoms with Gasteiger partial charge in [0.1, 0.15) is 11.3 Å². The molecule has 1 aromatic carbocycles. The van der Waals surface area contributed by atoms with E-state index in [4.69, 9.17) is 8.83 Å². The van der Waals surface area contributed by atoms with E-state index in [-0.39, 0.29) is 57.1 Å². The maximum atomic E-state index is 11.1. The van der Waals surface area contributed by atoms with Crippen LogP contribution in [0.25, 0.3) is 16.3 Å². The number of benzene rings is 1. The van der Waals surface area contributed by atoms with Crippen LogP contribution in [0.4, 0.5) is 11.6 Å². The molecule has 0 saturated heterocycles. The van der Waals surface area contributed by atoms with E-state index in [1.165, 1.54) is 0 Å². The third kappa shape index (κ3) is 3.32. The van der Waals surface area contributed by atoms with E-state index in [0.717, 1.165) is 23.1 Å². The molecule has 0 unspecified atom stereocenters. The summed E-state index contributed by atoms with van der Waals surface area (Å²) >= 11 is 0. The summed E-state index contributed by atoms with van der Waals surface area (Å²) in [6.07, 6.45) is 1.49. The van der Waals surface area contributed by atoms with Crippen molar-refractivity contribution in [3.8, 4) is 0 Å². The van der Waals surface area contributed by atoms with E-state index in [1.807, 2.05) is 38.1 Å². The second-order valence-electron chi connectivity index (χ2n) is 4.64. The van der Waals surface area contributed by atoms with Gasteiger partial charge >= 0.3 is 51.4 Å². The molecule has 2 aromatic heterocycles. The van der Waals surface area contributed by atoms with Crippen LogP contribution >= 0.6 is 0 Å². The number of aryl methyl sites for hydroxylation is 2. The van der Waals surface area contributed by atoms with Crippen molar-refractivity contribution in [1.29, 1.82) is 0 Å². The maximum Gasteiger partial charge on any atom is 1.00 e. The Morgan fingerprint density at radius 3 is 2.67 bits per heavy atom. The second-order valence-corrected chi connectivity index (χ2v) is 4.64. The molecule has 21 heavy (non-hydrogen) atoms. The van der Waals surface area contributed by atoms with Crippen LogP contribution in [0.3, 0.4) is 0 Å². The molecular weight excluding hydrogens is 293 g/mol. The van der Waals surface area contributed by atoms with Crippen molar-refractivity contribution in [2.75, 3.05) is 0 Å². The molecule has 102 valence electrons. The summed E-state index contributed by atoms with van der Waals surface area (Å²) in [5.74, 6) is 1.56. The van der Waals surface area contributed by atoms with Crippen molar-refractivity contribution in [2.45, 2.75) is 20.3 Å². The zero-order valence-corrected chi connectivity index (χ0v) is 15.5. The van der Waals surface area contributed by atoms with Crippen LogP contribution in [0, 0.1) is 6.92 Å². The van der Waals surface area contributed by atoms with Crippen LogP contribution in [0.2, 0.25) is 0 Å². The fraction of sp³-hybridized carbons (Fsp3) is 0.188. The zero-order valence-electron chi connectivity index (χ0n) is 12.3. The van der Waals surface area contributed by atoms with Gasteiger partial charge in [-0.3, -0.25) is 4.79 Å². The van der Waals surface area contributed by atoms with Gasteiger partial charge in [0, 0.05) is 17.7 Å². The van der Waals surface area contributed by atoms with Gasteiger partial charge in [-0.25, -0.2) is 0 Å². The van der Waals surface area contributed by atoms with Gasteiger partial charge in [0.15, 0.2) is 12.0 Å². The van der Waals surface area contributed by atoms with E-state index < -0.39 is 0 Å². The number of furan rings is 2. The van der Waals surface area contributed by atoms with Gasteiger partial charge in [-0.05, 0) is 31.2 Å². The van der Waals surface area contributed by atoms with Crippen molar-refractivity contribution >= 4 is 28.8 Å². The molecule has 0 radical (unpaired) electrons. The number of rotatable bonds is 4. The molecule has 0 fully saturated rings. The fourth-order valence-electron chi connectivity index (χ4n) is 2.14. The summed E-state index contributed by atoms with van der Waals surface area (Å²) in [4.78, 5) is 11.1. The molecule has 0 spiro atoms. The molecule has 5 heteroatoms. The normalized spacial score (nSPS) is 10.4. The molecule has 3 rings (SSSR count). The first-order chi connectivity index (χ1) is 9.71. The maximum absolute atomic E-state index is 11.1. The molecule has 4 nitrogen and oxygen atoms in total. The van der Waals surface area contributed by atoms with Gasteiger partial charge in [0.25, 0.3) is 0 Å². The SMILES string of the molecule is CCc1ccc([N-]c2c(C=O)oc3ccc(C)cc23)o1.[K+]. The van der Waals surface area contributed by atoms with Gasteiger partial charge in [0.05, 0.1) is 0 Å². The summed E-state index contributed by atoms with van der Waals surface area (Å²) in [7, 11) is 0. The van der Waals surface area contributed by atoms with Crippen molar-refractivity contribution in [2.24, 2.45) is 0 Å². The Hall–Kier alpha value is -0.854. The minimum absolute atomic E-state index is 0. The van der Waals surface area contributed by atoms with E-state index in [2.05, 4.69) is 5.32 Å². The number of hydrogen-bond donors (Lipinski definition) is 0. The fourth-order valence-corrected chi connectivity index (χ4v) is 2.14. The van der Waals surface area contributed by atoms with Crippen molar-refractivity contribution in [1.82, 2.24) is 0 Å². The predicted octanol–water partition coefficient (Wildman–Crippen LogP) is 2.05. The number of carbonyl (C=O) groups is 1. The average molecular weight is 307 g/mol. The van der Waals surface area contributed by atoms with Gasteiger partial charge in [0.2, 0.25) is 0 Å². The second kappa shape index (κ2) is 6.94. The number of nitrogens with zero attached hydrogens (tertiary/aromatic N) is 1. The largest absolute Gasteiger partial charge is 1.00 e. The van der Waals surface area contributed by atoms with Crippen LogP contribution in [-0.2, 0) is 6.42 Å². The molecule has 0 saturated carbocycles. The van der Waals surface area contributed by atoms with Crippen LogP contribution in [-0.4, -0.2) is 6.29 Å². The minimum Gasteiger partial charge on any atom is -0.623 e. The summed E-state index contributed by atoms with van der Waals surface area (Å²) in [6, 6.07) is 9.41. The van der Waals surface area contributed by atoms with Crippen LogP contribution in [0.5, 0.6) is 0 Å². The third-order valence-corrected chi connectivity index (χ3v) is 3.17. The predicted molar refractivity (Wildman–Crippen MR) is 77.1 cm³/mol. The third-order valence-electron chi connectivity index (χ3n) is 3.17. The Labute approximate surface area is 165 Å². The Bertz CT molecular complexity index is 773. The molecule has 3 aromatic rings.